The highest BCUT2D eigenvalue weighted by Gasteiger charge is 1.91. The third-order valence-corrected chi connectivity index (χ3v) is 3.38. The van der Waals surface area contributed by atoms with Crippen LogP contribution in [0.4, 0.5) is 0 Å². The SMILES string of the molecule is CCPCC.c1ccc(-c2ccccc2)cc1. The monoisotopic (exact) mass is 244 g/mol. The summed E-state index contributed by atoms with van der Waals surface area (Å²) >= 11 is 0. The van der Waals surface area contributed by atoms with Crippen LogP contribution in [0.1, 0.15) is 13.8 Å². The summed E-state index contributed by atoms with van der Waals surface area (Å²) in [6.45, 7) is 4.45. The van der Waals surface area contributed by atoms with E-state index in [0.717, 1.165) is 0 Å². The second-order valence-corrected chi connectivity index (χ2v) is 5.60. The highest BCUT2D eigenvalue weighted by atomic mass is 31.1. The molecule has 2 aromatic rings. The largest absolute Gasteiger partial charge is 0.123 e. The average molecular weight is 244 g/mol. The van der Waals surface area contributed by atoms with Crippen molar-refractivity contribution in [3.05, 3.63) is 60.7 Å². The fourth-order valence-electron chi connectivity index (χ4n) is 1.51. The van der Waals surface area contributed by atoms with Crippen LogP contribution < -0.4 is 0 Å². The lowest BCUT2D eigenvalue weighted by Crippen LogP contribution is -1.73. The Bertz CT molecular complexity index is 341. The molecule has 2 aromatic carbocycles. The molecule has 17 heavy (non-hydrogen) atoms. The van der Waals surface area contributed by atoms with Crippen LogP contribution in [0.15, 0.2) is 60.7 Å². The van der Waals surface area contributed by atoms with Crippen LogP contribution >= 0.6 is 8.58 Å². The van der Waals surface area contributed by atoms with Gasteiger partial charge in [-0.1, -0.05) is 74.5 Å². The minimum atomic E-state index is 1.20. The average Bonchev–Trinajstić information content (AvgIpc) is 2.42. The molecule has 0 amide bonds. The van der Waals surface area contributed by atoms with Gasteiger partial charge in [0.05, 0.1) is 0 Å². The minimum absolute atomic E-state index is 1.20. The van der Waals surface area contributed by atoms with Crippen LogP contribution in [0.5, 0.6) is 0 Å². The molecule has 0 fully saturated rings. The smallest absolute Gasteiger partial charge is 0.0184 e. The molecule has 0 aliphatic heterocycles. The number of benzene rings is 2. The molecule has 2 rings (SSSR count). The van der Waals surface area contributed by atoms with Crippen molar-refractivity contribution in [3.63, 3.8) is 0 Å². The quantitative estimate of drug-likeness (QED) is 0.662. The normalized spacial score (nSPS) is 9.29. The van der Waals surface area contributed by atoms with Crippen molar-refractivity contribution in [2.75, 3.05) is 12.3 Å². The van der Waals surface area contributed by atoms with Crippen LogP contribution in [0, 0.1) is 0 Å². The molecule has 0 nitrogen and oxygen atoms in total. The van der Waals surface area contributed by atoms with Gasteiger partial charge in [-0.05, 0) is 23.5 Å². The van der Waals surface area contributed by atoms with Crippen LogP contribution in [-0.2, 0) is 0 Å². The zero-order valence-corrected chi connectivity index (χ0v) is 11.7. The topological polar surface area (TPSA) is 0 Å². The maximum atomic E-state index is 2.22. The van der Waals surface area contributed by atoms with Crippen molar-refractivity contribution >= 4 is 8.58 Å². The summed E-state index contributed by atoms with van der Waals surface area (Å²) in [6, 6.07) is 20.8. The van der Waals surface area contributed by atoms with E-state index in [1.54, 1.807) is 0 Å². The molecule has 90 valence electrons. The van der Waals surface area contributed by atoms with Gasteiger partial charge in [-0.15, -0.1) is 8.58 Å². The summed E-state index contributed by atoms with van der Waals surface area (Å²) < 4.78 is 0. The molecule has 0 heterocycles. The van der Waals surface area contributed by atoms with Gasteiger partial charge in [0.2, 0.25) is 0 Å². The molecule has 0 saturated carbocycles. The summed E-state index contributed by atoms with van der Waals surface area (Å²) in [5.74, 6) is 0. The number of hydrogen-bond donors (Lipinski definition) is 0. The van der Waals surface area contributed by atoms with Gasteiger partial charge in [0, 0.05) is 0 Å². The zero-order valence-electron chi connectivity index (χ0n) is 10.7. The van der Waals surface area contributed by atoms with Gasteiger partial charge in [0.15, 0.2) is 0 Å². The van der Waals surface area contributed by atoms with Gasteiger partial charge < -0.3 is 0 Å². The first-order chi connectivity index (χ1) is 8.38. The van der Waals surface area contributed by atoms with Crippen molar-refractivity contribution in [2.24, 2.45) is 0 Å². The molecule has 0 N–H and O–H groups in total. The van der Waals surface area contributed by atoms with Crippen LogP contribution in [-0.4, -0.2) is 12.3 Å². The fraction of sp³-hybridized carbons (Fsp3) is 0.250. The second-order valence-electron chi connectivity index (χ2n) is 3.69. The van der Waals surface area contributed by atoms with Crippen molar-refractivity contribution < 1.29 is 0 Å². The highest BCUT2D eigenvalue weighted by Crippen LogP contribution is 2.17. The van der Waals surface area contributed by atoms with Gasteiger partial charge in [0.1, 0.15) is 0 Å². The molecule has 0 bridgehead atoms. The van der Waals surface area contributed by atoms with Crippen molar-refractivity contribution in [1.29, 1.82) is 0 Å². The van der Waals surface area contributed by atoms with Crippen molar-refractivity contribution in [1.82, 2.24) is 0 Å². The summed E-state index contributed by atoms with van der Waals surface area (Å²) in [6.07, 6.45) is 2.74. The van der Waals surface area contributed by atoms with E-state index in [1.807, 2.05) is 12.1 Å². The summed E-state index contributed by atoms with van der Waals surface area (Å²) in [7, 11) is 1.20. The fourth-order valence-corrected chi connectivity index (χ4v) is 2.01. The first kappa shape index (κ1) is 13.9. The lowest BCUT2D eigenvalue weighted by atomic mass is 10.1. The lowest BCUT2D eigenvalue weighted by Gasteiger charge is -1.98. The molecule has 0 radical (unpaired) electrons. The van der Waals surface area contributed by atoms with E-state index in [1.165, 1.54) is 32.0 Å². The first-order valence-electron chi connectivity index (χ1n) is 6.19. The summed E-state index contributed by atoms with van der Waals surface area (Å²) in [5.41, 5.74) is 2.55. The molecule has 0 spiro atoms. The Hall–Kier alpha value is -1.13. The maximum Gasteiger partial charge on any atom is -0.0184 e. The van der Waals surface area contributed by atoms with E-state index in [2.05, 4.69) is 62.4 Å². The third-order valence-electron chi connectivity index (χ3n) is 2.38. The van der Waals surface area contributed by atoms with Gasteiger partial charge in [-0.25, -0.2) is 0 Å². The van der Waals surface area contributed by atoms with E-state index >= 15 is 0 Å². The van der Waals surface area contributed by atoms with Gasteiger partial charge in [0.25, 0.3) is 0 Å². The first-order valence-corrected chi connectivity index (χ1v) is 7.61. The standard InChI is InChI=1S/C12H10.C4H11P/c1-3-7-11(8-4-1)12-9-5-2-6-10-12;1-3-5-4-2/h1-10H;5H,3-4H2,1-2H3. The molecule has 0 saturated heterocycles. The predicted molar refractivity (Wildman–Crippen MR) is 81.3 cm³/mol. The Morgan fingerprint density at radius 1 is 0.647 bits per heavy atom. The molecular formula is C16H21P. The molecular weight excluding hydrogens is 223 g/mol. The Morgan fingerprint density at radius 3 is 1.24 bits per heavy atom. The Labute approximate surface area is 107 Å². The zero-order chi connectivity index (χ0) is 12.3. The summed E-state index contributed by atoms with van der Waals surface area (Å²) in [5, 5.41) is 0. The van der Waals surface area contributed by atoms with Crippen molar-refractivity contribution in [2.45, 2.75) is 13.8 Å². The lowest BCUT2D eigenvalue weighted by molar-refractivity contribution is 1.44. The van der Waals surface area contributed by atoms with Crippen LogP contribution in [0.2, 0.25) is 0 Å². The Balaban J connectivity index is 0.000000249. The van der Waals surface area contributed by atoms with E-state index < -0.39 is 0 Å². The third kappa shape index (κ3) is 5.65. The molecule has 0 aliphatic rings. The molecule has 0 atom stereocenters. The summed E-state index contributed by atoms with van der Waals surface area (Å²) in [4.78, 5) is 0. The molecule has 0 unspecified atom stereocenters. The van der Waals surface area contributed by atoms with Gasteiger partial charge >= 0.3 is 0 Å². The Morgan fingerprint density at radius 2 is 1.00 bits per heavy atom. The van der Waals surface area contributed by atoms with Crippen LogP contribution in [0.3, 0.4) is 0 Å². The van der Waals surface area contributed by atoms with Crippen LogP contribution in [0.25, 0.3) is 11.1 Å². The predicted octanol–water partition coefficient (Wildman–Crippen LogP) is 5.06. The van der Waals surface area contributed by atoms with E-state index in [0.29, 0.717) is 0 Å². The van der Waals surface area contributed by atoms with Gasteiger partial charge in [-0.2, -0.15) is 0 Å². The second kappa shape index (κ2) is 8.96. The maximum absolute atomic E-state index is 2.22. The molecule has 1 heteroatoms. The molecule has 0 aliphatic carbocycles. The van der Waals surface area contributed by atoms with E-state index in [4.69, 9.17) is 0 Å². The number of rotatable bonds is 3. The number of hydrogen-bond acceptors (Lipinski definition) is 0. The molecule has 0 aromatic heterocycles. The van der Waals surface area contributed by atoms with Gasteiger partial charge in [-0.3, -0.25) is 0 Å². The Kier molecular flexibility index (Phi) is 7.34. The van der Waals surface area contributed by atoms with Crippen molar-refractivity contribution in [3.8, 4) is 11.1 Å². The highest BCUT2D eigenvalue weighted by molar-refractivity contribution is 7.37. The van der Waals surface area contributed by atoms with E-state index in [-0.39, 0.29) is 0 Å². The minimum Gasteiger partial charge on any atom is -0.123 e. The van der Waals surface area contributed by atoms with E-state index in [9.17, 15) is 0 Å².